The van der Waals surface area contributed by atoms with E-state index < -0.39 is 11.4 Å². The van der Waals surface area contributed by atoms with Gasteiger partial charge in [-0.15, -0.1) is 0 Å². The van der Waals surface area contributed by atoms with E-state index in [0.717, 1.165) is 11.3 Å². The van der Waals surface area contributed by atoms with Crippen LogP contribution in [0.1, 0.15) is 5.56 Å². The number of rotatable bonds is 3. The number of para-hydroxylation sites is 1. The number of benzene rings is 1. The van der Waals surface area contributed by atoms with Crippen molar-refractivity contribution >= 4 is 11.9 Å². The van der Waals surface area contributed by atoms with E-state index in [1.807, 2.05) is 24.3 Å². The standard InChI is InChI=1S/C18H22N2O5/c21-16(20-8-14-10-24-12-18(14,11-20)17(22)23)9-19-5-6-25-15-4-2-1-3-13(15)7-19/h1-4,14H,5-12H2,(H,22,23)/t14-,18-/m1/s1. The van der Waals surface area contributed by atoms with Crippen molar-refractivity contribution < 1.29 is 24.2 Å². The van der Waals surface area contributed by atoms with E-state index in [1.165, 1.54) is 0 Å². The molecule has 25 heavy (non-hydrogen) atoms. The van der Waals surface area contributed by atoms with Crippen LogP contribution in [-0.2, 0) is 20.9 Å². The average Bonchev–Trinajstić information content (AvgIpc) is 3.08. The summed E-state index contributed by atoms with van der Waals surface area (Å²) in [7, 11) is 0. The Morgan fingerprint density at radius 1 is 1.32 bits per heavy atom. The van der Waals surface area contributed by atoms with Gasteiger partial charge in [0.2, 0.25) is 5.91 Å². The van der Waals surface area contributed by atoms with Crippen molar-refractivity contribution in [2.45, 2.75) is 6.54 Å². The van der Waals surface area contributed by atoms with Gasteiger partial charge < -0.3 is 19.5 Å². The fourth-order valence-electron chi connectivity index (χ4n) is 4.03. The van der Waals surface area contributed by atoms with E-state index in [2.05, 4.69) is 4.90 Å². The van der Waals surface area contributed by atoms with Crippen LogP contribution in [0.25, 0.3) is 0 Å². The molecule has 1 N–H and O–H groups in total. The van der Waals surface area contributed by atoms with Crippen LogP contribution in [0.3, 0.4) is 0 Å². The summed E-state index contributed by atoms with van der Waals surface area (Å²) in [5, 5.41) is 9.60. The molecule has 134 valence electrons. The summed E-state index contributed by atoms with van der Waals surface area (Å²) in [4.78, 5) is 28.2. The number of amides is 1. The smallest absolute Gasteiger partial charge is 0.314 e. The van der Waals surface area contributed by atoms with Crippen molar-refractivity contribution in [2.24, 2.45) is 11.3 Å². The molecule has 2 fully saturated rings. The van der Waals surface area contributed by atoms with Crippen LogP contribution < -0.4 is 4.74 Å². The van der Waals surface area contributed by atoms with Crippen molar-refractivity contribution in [2.75, 3.05) is 46.0 Å². The monoisotopic (exact) mass is 346 g/mol. The van der Waals surface area contributed by atoms with E-state index in [4.69, 9.17) is 9.47 Å². The number of fused-ring (bicyclic) bond motifs is 2. The first-order chi connectivity index (χ1) is 12.1. The number of hydrogen-bond acceptors (Lipinski definition) is 5. The molecule has 1 amide bonds. The van der Waals surface area contributed by atoms with Gasteiger partial charge in [-0.3, -0.25) is 14.5 Å². The maximum Gasteiger partial charge on any atom is 0.314 e. The van der Waals surface area contributed by atoms with Gasteiger partial charge in [-0.05, 0) is 6.07 Å². The van der Waals surface area contributed by atoms with E-state index in [1.54, 1.807) is 4.90 Å². The number of aliphatic carboxylic acids is 1. The normalized spacial score (nSPS) is 28.8. The van der Waals surface area contributed by atoms with E-state index in [-0.39, 0.29) is 31.5 Å². The molecule has 1 aromatic carbocycles. The number of hydrogen-bond donors (Lipinski definition) is 1. The lowest BCUT2D eigenvalue weighted by molar-refractivity contribution is -0.149. The van der Waals surface area contributed by atoms with Gasteiger partial charge in [0.15, 0.2) is 0 Å². The number of likely N-dealkylation sites (tertiary alicyclic amines) is 1. The lowest BCUT2D eigenvalue weighted by Gasteiger charge is -2.25. The summed E-state index contributed by atoms with van der Waals surface area (Å²) >= 11 is 0. The predicted molar refractivity (Wildman–Crippen MR) is 88.2 cm³/mol. The van der Waals surface area contributed by atoms with E-state index in [9.17, 15) is 14.7 Å². The lowest BCUT2D eigenvalue weighted by atomic mass is 9.81. The minimum Gasteiger partial charge on any atom is -0.492 e. The summed E-state index contributed by atoms with van der Waals surface area (Å²) in [6, 6.07) is 7.86. The fourth-order valence-corrected chi connectivity index (χ4v) is 4.03. The summed E-state index contributed by atoms with van der Waals surface area (Å²) in [6.07, 6.45) is 0. The average molecular weight is 346 g/mol. The van der Waals surface area contributed by atoms with Crippen LogP contribution in [0, 0.1) is 11.3 Å². The molecule has 0 unspecified atom stereocenters. The van der Waals surface area contributed by atoms with Gasteiger partial charge in [-0.25, -0.2) is 0 Å². The number of carboxylic acid groups (broad SMARTS) is 1. The number of carbonyl (C=O) groups excluding carboxylic acids is 1. The summed E-state index contributed by atoms with van der Waals surface area (Å²) in [5.74, 6) is -0.117. The Kier molecular flexibility index (Phi) is 4.13. The Morgan fingerprint density at radius 2 is 2.16 bits per heavy atom. The van der Waals surface area contributed by atoms with E-state index >= 15 is 0 Å². The zero-order chi connectivity index (χ0) is 17.4. The second-order valence-corrected chi connectivity index (χ2v) is 7.11. The Balaban J connectivity index is 1.42. The molecule has 0 bridgehead atoms. The zero-order valence-electron chi connectivity index (χ0n) is 14.0. The second kappa shape index (κ2) is 6.31. The number of carbonyl (C=O) groups is 2. The molecule has 0 aliphatic carbocycles. The Morgan fingerprint density at radius 3 is 2.96 bits per heavy atom. The molecule has 2 saturated heterocycles. The Labute approximate surface area is 146 Å². The van der Waals surface area contributed by atoms with Crippen LogP contribution in [0.4, 0.5) is 0 Å². The molecular weight excluding hydrogens is 324 g/mol. The first-order valence-electron chi connectivity index (χ1n) is 8.60. The number of ether oxygens (including phenoxy) is 2. The van der Waals surface area contributed by atoms with Crippen molar-refractivity contribution in [3.05, 3.63) is 29.8 Å². The quantitative estimate of drug-likeness (QED) is 0.856. The van der Waals surface area contributed by atoms with Gasteiger partial charge in [0.25, 0.3) is 0 Å². The highest BCUT2D eigenvalue weighted by atomic mass is 16.5. The summed E-state index contributed by atoms with van der Waals surface area (Å²) in [6.45, 7) is 3.47. The number of nitrogens with zero attached hydrogens (tertiary/aromatic N) is 2. The van der Waals surface area contributed by atoms with Gasteiger partial charge in [-0.1, -0.05) is 18.2 Å². The van der Waals surface area contributed by atoms with Crippen LogP contribution in [0.5, 0.6) is 5.75 Å². The van der Waals surface area contributed by atoms with Crippen molar-refractivity contribution in [1.82, 2.24) is 9.80 Å². The van der Waals surface area contributed by atoms with Gasteiger partial charge in [0.05, 0.1) is 19.8 Å². The molecule has 4 rings (SSSR count). The van der Waals surface area contributed by atoms with Crippen molar-refractivity contribution in [3.63, 3.8) is 0 Å². The highest BCUT2D eigenvalue weighted by Gasteiger charge is 2.57. The van der Waals surface area contributed by atoms with Gasteiger partial charge in [-0.2, -0.15) is 0 Å². The van der Waals surface area contributed by atoms with Crippen LogP contribution in [0.15, 0.2) is 24.3 Å². The fraction of sp³-hybridized carbons (Fsp3) is 0.556. The molecule has 3 aliphatic rings. The van der Waals surface area contributed by atoms with Gasteiger partial charge in [0.1, 0.15) is 17.8 Å². The molecule has 3 aliphatic heterocycles. The van der Waals surface area contributed by atoms with Crippen LogP contribution >= 0.6 is 0 Å². The predicted octanol–water partition coefficient (Wildman–Crippen LogP) is 0.441. The molecule has 0 spiro atoms. The highest BCUT2D eigenvalue weighted by molar-refractivity contribution is 5.82. The molecule has 0 aromatic heterocycles. The summed E-state index contributed by atoms with van der Waals surface area (Å²) < 4.78 is 11.1. The van der Waals surface area contributed by atoms with Gasteiger partial charge in [0, 0.05) is 37.7 Å². The molecule has 3 heterocycles. The van der Waals surface area contributed by atoms with Gasteiger partial charge >= 0.3 is 5.97 Å². The van der Waals surface area contributed by atoms with Crippen molar-refractivity contribution in [1.29, 1.82) is 0 Å². The summed E-state index contributed by atoms with van der Waals surface area (Å²) in [5.41, 5.74) is 0.144. The molecule has 1 aromatic rings. The molecular formula is C18H22N2O5. The first kappa shape index (κ1) is 16.4. The largest absolute Gasteiger partial charge is 0.492 e. The maximum absolute atomic E-state index is 12.7. The number of carboxylic acids is 1. The Bertz CT molecular complexity index is 694. The lowest BCUT2D eigenvalue weighted by Crippen LogP contribution is -2.43. The molecule has 0 radical (unpaired) electrons. The van der Waals surface area contributed by atoms with Crippen LogP contribution in [-0.4, -0.2) is 72.8 Å². The third-order valence-corrected chi connectivity index (χ3v) is 5.54. The minimum atomic E-state index is -0.926. The third-order valence-electron chi connectivity index (χ3n) is 5.54. The molecule has 0 saturated carbocycles. The van der Waals surface area contributed by atoms with E-state index in [0.29, 0.717) is 32.8 Å². The first-order valence-corrected chi connectivity index (χ1v) is 8.60. The SMILES string of the molecule is O=C(CN1CCOc2ccccc2C1)N1C[C@@H]2COC[C@]2(C(=O)O)C1. The van der Waals surface area contributed by atoms with Crippen molar-refractivity contribution in [3.8, 4) is 5.75 Å². The maximum atomic E-state index is 12.7. The minimum absolute atomic E-state index is 0.0191. The second-order valence-electron chi connectivity index (χ2n) is 7.11. The highest BCUT2D eigenvalue weighted by Crippen LogP contribution is 2.41. The topological polar surface area (TPSA) is 79.3 Å². The molecule has 7 nitrogen and oxygen atoms in total. The molecule has 7 heteroatoms. The third kappa shape index (κ3) is 2.87. The zero-order valence-corrected chi connectivity index (χ0v) is 14.0. The molecule has 2 atom stereocenters. The Hall–Kier alpha value is -2.12. The van der Waals surface area contributed by atoms with Crippen LogP contribution in [0.2, 0.25) is 0 Å².